The number of rotatable bonds is 4. The molecule has 8 nitrogen and oxygen atoms in total. The van der Waals surface area contributed by atoms with E-state index < -0.39 is 30.4 Å². The first-order chi connectivity index (χ1) is 11.4. The number of carbonyl (C=O) groups excluding carboxylic acids is 4. The fraction of sp³-hybridized carbons (Fsp3) is 0.375. The number of ether oxygens (including phenoxy) is 1. The van der Waals surface area contributed by atoms with Crippen LogP contribution in [0.15, 0.2) is 24.3 Å². The van der Waals surface area contributed by atoms with Gasteiger partial charge in [0.15, 0.2) is 6.61 Å². The molecule has 8 heteroatoms. The van der Waals surface area contributed by atoms with Gasteiger partial charge in [0.25, 0.3) is 5.91 Å². The van der Waals surface area contributed by atoms with Crippen molar-refractivity contribution in [2.75, 3.05) is 25.1 Å². The second-order valence-corrected chi connectivity index (χ2v) is 5.48. The van der Waals surface area contributed by atoms with Gasteiger partial charge in [-0.1, -0.05) is 17.7 Å². The van der Waals surface area contributed by atoms with E-state index in [4.69, 9.17) is 4.74 Å². The molecular weight excluding hydrogens is 314 g/mol. The quantitative estimate of drug-likeness (QED) is 0.774. The van der Waals surface area contributed by atoms with Gasteiger partial charge in [0.2, 0.25) is 5.91 Å². The van der Waals surface area contributed by atoms with Crippen molar-refractivity contribution in [1.29, 1.82) is 0 Å². The maximum atomic E-state index is 12.1. The highest BCUT2D eigenvalue weighted by Crippen LogP contribution is 2.26. The fourth-order valence-electron chi connectivity index (χ4n) is 2.32. The second kappa shape index (κ2) is 7.58. The highest BCUT2D eigenvalue weighted by Gasteiger charge is 2.36. The first-order valence-electron chi connectivity index (χ1n) is 7.46. The summed E-state index contributed by atoms with van der Waals surface area (Å²) in [6.45, 7) is 1.58. The Labute approximate surface area is 139 Å². The smallest absolute Gasteiger partial charge is 0.321 e. The van der Waals surface area contributed by atoms with Crippen molar-refractivity contribution in [2.24, 2.45) is 5.92 Å². The van der Waals surface area contributed by atoms with Gasteiger partial charge in [-0.15, -0.1) is 0 Å². The van der Waals surface area contributed by atoms with Crippen LogP contribution in [-0.2, 0) is 19.1 Å². The van der Waals surface area contributed by atoms with Crippen LogP contribution in [0.3, 0.4) is 0 Å². The number of imide groups is 1. The van der Waals surface area contributed by atoms with Crippen LogP contribution in [-0.4, -0.2) is 44.0 Å². The van der Waals surface area contributed by atoms with Crippen LogP contribution in [0.1, 0.15) is 12.0 Å². The third-order valence-electron chi connectivity index (χ3n) is 3.63. The molecule has 2 rings (SSSR count). The Balaban J connectivity index is 1.88. The van der Waals surface area contributed by atoms with E-state index in [2.05, 4.69) is 5.32 Å². The number of esters is 1. The zero-order chi connectivity index (χ0) is 17.7. The van der Waals surface area contributed by atoms with Gasteiger partial charge in [0, 0.05) is 25.7 Å². The molecule has 1 aromatic rings. The van der Waals surface area contributed by atoms with Crippen LogP contribution >= 0.6 is 0 Å². The largest absolute Gasteiger partial charge is 0.455 e. The summed E-state index contributed by atoms with van der Waals surface area (Å²) >= 11 is 0. The van der Waals surface area contributed by atoms with Crippen LogP contribution in [0, 0.1) is 12.8 Å². The standard InChI is InChI=1S/C16H19N3O5/c1-10-3-5-12(6-4-10)19-8-11(7-14(19)21)15(22)24-9-13(20)18-16(23)17-2/h3-6,11H,7-9H2,1-2H3,(H2,17,18,20,23)/t11-/m0/s1. The van der Waals surface area contributed by atoms with Gasteiger partial charge in [0.05, 0.1) is 5.92 Å². The molecule has 1 heterocycles. The lowest BCUT2D eigenvalue weighted by molar-refractivity contribution is -0.152. The van der Waals surface area contributed by atoms with Gasteiger partial charge in [-0.25, -0.2) is 4.79 Å². The number of anilines is 1. The van der Waals surface area contributed by atoms with E-state index in [1.165, 1.54) is 11.9 Å². The van der Waals surface area contributed by atoms with Gasteiger partial charge >= 0.3 is 12.0 Å². The summed E-state index contributed by atoms with van der Waals surface area (Å²) in [7, 11) is 1.36. The first kappa shape index (κ1) is 17.5. The molecule has 0 saturated carbocycles. The van der Waals surface area contributed by atoms with Gasteiger partial charge < -0.3 is 15.0 Å². The third-order valence-corrected chi connectivity index (χ3v) is 3.63. The summed E-state index contributed by atoms with van der Waals surface area (Å²) in [5, 5.41) is 4.19. The Morgan fingerprint density at radius 1 is 1.25 bits per heavy atom. The molecule has 0 unspecified atom stereocenters. The number of hydrogen-bond acceptors (Lipinski definition) is 5. The average molecular weight is 333 g/mol. The molecule has 1 aromatic carbocycles. The van der Waals surface area contributed by atoms with E-state index in [0.29, 0.717) is 0 Å². The van der Waals surface area contributed by atoms with Gasteiger partial charge in [0.1, 0.15) is 0 Å². The monoisotopic (exact) mass is 333 g/mol. The lowest BCUT2D eigenvalue weighted by atomic mass is 10.1. The molecule has 0 bridgehead atoms. The topological polar surface area (TPSA) is 105 Å². The molecular formula is C16H19N3O5. The van der Waals surface area contributed by atoms with Crippen molar-refractivity contribution in [3.8, 4) is 0 Å². The van der Waals surface area contributed by atoms with Crippen LogP contribution in [0.25, 0.3) is 0 Å². The van der Waals surface area contributed by atoms with Gasteiger partial charge in [-0.3, -0.25) is 19.7 Å². The lowest BCUT2D eigenvalue weighted by Gasteiger charge is -2.16. The van der Waals surface area contributed by atoms with Crippen molar-refractivity contribution in [1.82, 2.24) is 10.6 Å². The number of benzene rings is 1. The van der Waals surface area contributed by atoms with Crippen LogP contribution in [0.5, 0.6) is 0 Å². The number of amides is 4. The van der Waals surface area contributed by atoms with Crippen LogP contribution < -0.4 is 15.5 Å². The Kier molecular flexibility index (Phi) is 5.51. The molecule has 2 N–H and O–H groups in total. The van der Waals surface area contributed by atoms with Gasteiger partial charge in [-0.05, 0) is 19.1 Å². The minimum atomic E-state index is -0.734. The Bertz CT molecular complexity index is 656. The summed E-state index contributed by atoms with van der Waals surface area (Å²) in [6.07, 6.45) is 0.0315. The normalized spacial score (nSPS) is 16.7. The molecule has 1 aliphatic rings. The summed E-state index contributed by atoms with van der Waals surface area (Å²) < 4.78 is 4.87. The van der Waals surface area contributed by atoms with Crippen LogP contribution in [0.2, 0.25) is 0 Å². The van der Waals surface area contributed by atoms with Crippen molar-refractivity contribution in [3.05, 3.63) is 29.8 Å². The fourth-order valence-corrected chi connectivity index (χ4v) is 2.32. The zero-order valence-corrected chi connectivity index (χ0v) is 13.5. The number of nitrogens with one attached hydrogen (secondary N) is 2. The minimum absolute atomic E-state index is 0.0315. The molecule has 0 spiro atoms. The zero-order valence-electron chi connectivity index (χ0n) is 13.5. The molecule has 1 fully saturated rings. The van der Waals surface area contributed by atoms with E-state index in [9.17, 15) is 19.2 Å². The third kappa shape index (κ3) is 4.31. The average Bonchev–Trinajstić information content (AvgIpc) is 2.95. The molecule has 1 saturated heterocycles. The van der Waals surface area contributed by atoms with E-state index in [-0.39, 0.29) is 18.9 Å². The predicted octanol–water partition coefficient (Wildman–Crippen LogP) is 0.347. The number of nitrogens with zero attached hydrogens (tertiary/aromatic N) is 1. The Morgan fingerprint density at radius 3 is 2.54 bits per heavy atom. The Morgan fingerprint density at radius 2 is 1.92 bits per heavy atom. The maximum absolute atomic E-state index is 12.1. The number of urea groups is 1. The molecule has 0 aliphatic carbocycles. The highest BCUT2D eigenvalue weighted by molar-refractivity contribution is 6.00. The first-order valence-corrected chi connectivity index (χ1v) is 7.46. The molecule has 0 radical (unpaired) electrons. The molecule has 24 heavy (non-hydrogen) atoms. The van der Waals surface area contributed by atoms with Crippen LogP contribution in [0.4, 0.5) is 10.5 Å². The van der Waals surface area contributed by atoms with Crippen molar-refractivity contribution < 1.29 is 23.9 Å². The SMILES string of the molecule is CNC(=O)NC(=O)COC(=O)[C@H]1CC(=O)N(c2ccc(C)cc2)C1. The minimum Gasteiger partial charge on any atom is -0.455 e. The summed E-state index contributed by atoms with van der Waals surface area (Å²) in [5.41, 5.74) is 1.79. The van der Waals surface area contributed by atoms with E-state index in [1.807, 2.05) is 36.5 Å². The summed E-state index contributed by atoms with van der Waals surface area (Å²) in [4.78, 5) is 47.9. The van der Waals surface area contributed by atoms with Crippen molar-refractivity contribution in [2.45, 2.75) is 13.3 Å². The highest BCUT2D eigenvalue weighted by atomic mass is 16.5. The predicted molar refractivity (Wildman–Crippen MR) is 85.2 cm³/mol. The maximum Gasteiger partial charge on any atom is 0.321 e. The lowest BCUT2D eigenvalue weighted by Crippen LogP contribution is -2.40. The summed E-state index contributed by atoms with van der Waals surface area (Å²) in [6, 6.07) is 6.72. The number of carbonyl (C=O) groups is 4. The Hall–Kier alpha value is -2.90. The molecule has 1 atom stereocenters. The van der Waals surface area contributed by atoms with E-state index in [0.717, 1.165) is 11.3 Å². The molecule has 0 aromatic heterocycles. The van der Waals surface area contributed by atoms with E-state index >= 15 is 0 Å². The summed E-state index contributed by atoms with van der Waals surface area (Å²) in [5.74, 6) is -2.17. The molecule has 128 valence electrons. The number of hydrogen-bond donors (Lipinski definition) is 2. The van der Waals surface area contributed by atoms with E-state index in [1.54, 1.807) is 0 Å². The number of aryl methyl sites for hydroxylation is 1. The van der Waals surface area contributed by atoms with Gasteiger partial charge in [-0.2, -0.15) is 0 Å². The van der Waals surface area contributed by atoms with Crippen molar-refractivity contribution >= 4 is 29.5 Å². The molecule has 1 aliphatic heterocycles. The molecule has 4 amide bonds. The van der Waals surface area contributed by atoms with Crippen molar-refractivity contribution in [3.63, 3.8) is 0 Å². The second-order valence-electron chi connectivity index (χ2n) is 5.48.